The predicted molar refractivity (Wildman–Crippen MR) is 156 cm³/mol. The molecule has 0 aliphatic carbocycles. The first-order valence-electron chi connectivity index (χ1n) is 13.1. The number of imide groups is 2. The molecule has 2 aliphatic heterocycles. The molecule has 1 unspecified atom stereocenters. The molecule has 4 N–H and O–H groups in total. The molecule has 4 rings (SSSR count). The number of carbonyl (C=O) groups is 4. The van der Waals surface area contributed by atoms with Crippen LogP contribution >= 0.6 is 0 Å². The summed E-state index contributed by atoms with van der Waals surface area (Å²) in [5.74, 6) is -0.300. The normalized spacial score (nSPS) is 19.7. The first-order valence-corrected chi connectivity index (χ1v) is 13.1. The number of amides is 4. The van der Waals surface area contributed by atoms with Crippen LogP contribution in [0.4, 0.5) is 11.4 Å². The molecule has 37 heavy (non-hydrogen) atoms. The third-order valence-corrected chi connectivity index (χ3v) is 6.30. The number of piperidine rings is 2. The molecular formula is C29H48N4O4. The Kier molecular flexibility index (Phi) is 11.8. The van der Waals surface area contributed by atoms with Gasteiger partial charge in [-0.2, -0.15) is 0 Å². The van der Waals surface area contributed by atoms with Crippen molar-refractivity contribution in [3.05, 3.63) is 59.7 Å². The smallest absolute Gasteiger partial charge is 0.249 e. The summed E-state index contributed by atoms with van der Waals surface area (Å²) in [6.07, 6.45) is 3.01. The number of hydrogen-bond donors (Lipinski definition) is 4. The quantitative estimate of drug-likeness (QED) is 0.369. The van der Waals surface area contributed by atoms with Crippen molar-refractivity contribution in [2.45, 2.75) is 84.7 Å². The minimum absolute atomic E-state index is 0. The molecule has 208 valence electrons. The second-order valence-electron chi connectivity index (χ2n) is 9.09. The average Bonchev–Trinajstić information content (AvgIpc) is 2.90. The van der Waals surface area contributed by atoms with Gasteiger partial charge in [0.25, 0.3) is 0 Å². The Morgan fingerprint density at radius 3 is 1.57 bits per heavy atom. The molecule has 2 aliphatic rings. The van der Waals surface area contributed by atoms with Gasteiger partial charge in [0.15, 0.2) is 0 Å². The van der Waals surface area contributed by atoms with E-state index in [-0.39, 0.29) is 41.4 Å². The molecule has 2 heterocycles. The summed E-state index contributed by atoms with van der Waals surface area (Å²) in [7, 11) is 0. The number of nitrogens with one attached hydrogen (secondary N) is 4. The highest BCUT2D eigenvalue weighted by molar-refractivity contribution is 6.02. The Labute approximate surface area is 225 Å². The fourth-order valence-electron chi connectivity index (χ4n) is 3.86. The van der Waals surface area contributed by atoms with E-state index in [0.29, 0.717) is 31.6 Å². The number of anilines is 2. The van der Waals surface area contributed by atoms with Gasteiger partial charge in [-0.05, 0) is 61.9 Å². The monoisotopic (exact) mass is 516 g/mol. The summed E-state index contributed by atoms with van der Waals surface area (Å²) < 4.78 is 0. The molecule has 8 heteroatoms. The largest absolute Gasteiger partial charge is 0.374 e. The van der Waals surface area contributed by atoms with Crippen LogP contribution in [0, 0.1) is 6.92 Å². The number of benzene rings is 2. The van der Waals surface area contributed by atoms with Crippen LogP contribution in [0.5, 0.6) is 0 Å². The highest BCUT2D eigenvalue weighted by Crippen LogP contribution is 2.21. The van der Waals surface area contributed by atoms with E-state index in [1.165, 1.54) is 11.1 Å². The summed E-state index contributed by atoms with van der Waals surface area (Å²) in [4.78, 5) is 45.1. The van der Waals surface area contributed by atoms with E-state index >= 15 is 0 Å². The lowest BCUT2D eigenvalue weighted by molar-refractivity contribution is -0.135. The zero-order chi connectivity index (χ0) is 27.4. The van der Waals surface area contributed by atoms with Gasteiger partial charge in [0.2, 0.25) is 23.6 Å². The van der Waals surface area contributed by atoms with Crippen molar-refractivity contribution < 1.29 is 24.9 Å². The van der Waals surface area contributed by atoms with E-state index in [9.17, 15) is 19.2 Å². The molecule has 2 saturated heterocycles. The lowest BCUT2D eigenvalue weighted by Gasteiger charge is -2.23. The van der Waals surface area contributed by atoms with Crippen molar-refractivity contribution in [2.75, 3.05) is 10.6 Å². The lowest BCUT2D eigenvalue weighted by atomic mass is 9.98. The Morgan fingerprint density at radius 2 is 1.19 bits per heavy atom. The first-order chi connectivity index (χ1) is 17.7. The third-order valence-electron chi connectivity index (χ3n) is 6.30. The Morgan fingerprint density at radius 1 is 0.784 bits per heavy atom. The zero-order valence-electron chi connectivity index (χ0n) is 22.5. The number of rotatable bonds is 6. The van der Waals surface area contributed by atoms with Gasteiger partial charge in [-0.15, -0.1) is 0 Å². The molecule has 2 fully saturated rings. The van der Waals surface area contributed by atoms with Crippen molar-refractivity contribution in [2.24, 2.45) is 0 Å². The average molecular weight is 517 g/mol. The van der Waals surface area contributed by atoms with Crippen LogP contribution in [-0.2, 0) is 19.2 Å². The van der Waals surface area contributed by atoms with Crippen LogP contribution in [-0.4, -0.2) is 35.7 Å². The highest BCUT2D eigenvalue weighted by Gasteiger charge is 2.27. The van der Waals surface area contributed by atoms with Crippen molar-refractivity contribution in [1.82, 2.24) is 10.6 Å². The van der Waals surface area contributed by atoms with Crippen molar-refractivity contribution in [3.8, 4) is 0 Å². The summed E-state index contributed by atoms with van der Waals surface area (Å²) in [6.45, 7) is 10.4. The lowest BCUT2D eigenvalue weighted by Crippen LogP contribution is -2.47. The van der Waals surface area contributed by atoms with E-state index < -0.39 is 0 Å². The molecule has 0 radical (unpaired) electrons. The molecule has 0 aromatic heterocycles. The highest BCUT2D eigenvalue weighted by atomic mass is 16.2. The first kappa shape index (κ1) is 29.5. The Bertz CT molecular complexity index is 1070. The molecule has 0 spiro atoms. The van der Waals surface area contributed by atoms with Gasteiger partial charge in [0, 0.05) is 29.9 Å². The van der Waals surface area contributed by atoms with Crippen LogP contribution in [0.15, 0.2) is 48.5 Å². The van der Waals surface area contributed by atoms with Gasteiger partial charge in [0.1, 0.15) is 12.1 Å². The van der Waals surface area contributed by atoms with Crippen LogP contribution < -0.4 is 21.3 Å². The fourth-order valence-corrected chi connectivity index (χ4v) is 3.86. The third kappa shape index (κ3) is 9.37. The minimum atomic E-state index is -0.313. The van der Waals surface area contributed by atoms with Crippen molar-refractivity contribution >= 4 is 35.0 Å². The van der Waals surface area contributed by atoms with Gasteiger partial charge < -0.3 is 10.6 Å². The summed E-state index contributed by atoms with van der Waals surface area (Å²) >= 11 is 0. The summed E-state index contributed by atoms with van der Waals surface area (Å²) in [5.41, 5.74) is 4.30. The van der Waals surface area contributed by atoms with Gasteiger partial charge >= 0.3 is 0 Å². The second-order valence-corrected chi connectivity index (χ2v) is 9.09. The van der Waals surface area contributed by atoms with Crippen LogP contribution in [0.2, 0.25) is 0 Å². The zero-order valence-corrected chi connectivity index (χ0v) is 22.5. The van der Waals surface area contributed by atoms with Crippen LogP contribution in [0.25, 0.3) is 0 Å². The molecule has 0 bridgehead atoms. The van der Waals surface area contributed by atoms with Gasteiger partial charge in [-0.25, -0.2) is 0 Å². The maximum absolute atomic E-state index is 11.6. The van der Waals surface area contributed by atoms with Crippen LogP contribution in [0.1, 0.15) is 82.6 Å². The van der Waals surface area contributed by atoms with Gasteiger partial charge in [-0.3, -0.25) is 29.8 Å². The topological polar surface area (TPSA) is 116 Å². The van der Waals surface area contributed by atoms with Gasteiger partial charge in [0.05, 0.1) is 0 Å². The molecule has 2 aromatic carbocycles. The molecule has 8 nitrogen and oxygen atoms in total. The number of carbonyl (C=O) groups excluding carboxylic acids is 4. The molecule has 3 atom stereocenters. The maximum Gasteiger partial charge on any atom is 0.249 e. The SMILES string of the molecule is CC.CCC(C)c1ccc(N[C@@H]2CCC(=O)NC2=O)cc1.Cc1ccc(N[C@H]2CCC(=O)NC2=O)cc1.[HH].[HH].[HH].[HH]. The second kappa shape index (κ2) is 14.8. The molecule has 4 amide bonds. The van der Waals surface area contributed by atoms with Crippen molar-refractivity contribution in [3.63, 3.8) is 0 Å². The summed E-state index contributed by atoms with van der Waals surface area (Å²) in [5, 5.41) is 11.0. The number of hydrogen-bond acceptors (Lipinski definition) is 6. The van der Waals surface area contributed by atoms with E-state index in [1.54, 1.807) is 0 Å². The van der Waals surface area contributed by atoms with E-state index in [2.05, 4.69) is 47.2 Å². The predicted octanol–water partition coefficient (Wildman–Crippen LogP) is 5.64. The number of aryl methyl sites for hydroxylation is 1. The summed E-state index contributed by atoms with van der Waals surface area (Å²) in [6, 6.07) is 15.4. The molecule has 2 aromatic rings. The van der Waals surface area contributed by atoms with Crippen LogP contribution in [0.3, 0.4) is 0 Å². The van der Waals surface area contributed by atoms with E-state index in [0.717, 1.165) is 17.8 Å². The molecule has 0 saturated carbocycles. The fraction of sp³-hybridized carbons (Fsp3) is 0.448. The van der Waals surface area contributed by atoms with E-state index in [1.807, 2.05) is 57.2 Å². The standard InChI is InChI=1S/C15H20N2O2.C12H14N2O2.C2H6.4H2/c1-3-10(2)11-4-6-12(7-5-11)16-13-8-9-14(18)17-15(13)19;1-8-2-4-9(5-3-8)13-10-6-7-11(15)14-12(10)16;1-2;;;;/h4-7,10,13,16H,3,8-9H2,1-2H3,(H,17,18,19);2-5,10,13H,6-7H2,1H3,(H,14,15,16);1-2H3;4*1H/t10?,13-;10-;;;;;/m10...../s1. The Hall–Kier alpha value is -3.68. The minimum Gasteiger partial charge on any atom is -0.374 e. The molecular weight excluding hydrogens is 468 g/mol. The Balaban J connectivity index is -0.000000614. The van der Waals surface area contributed by atoms with Crippen molar-refractivity contribution in [1.29, 1.82) is 0 Å². The maximum atomic E-state index is 11.6. The van der Waals surface area contributed by atoms with Gasteiger partial charge in [-0.1, -0.05) is 57.5 Å². The van der Waals surface area contributed by atoms with E-state index in [4.69, 9.17) is 0 Å².